The van der Waals surface area contributed by atoms with Crippen molar-refractivity contribution < 1.29 is 14.6 Å². The number of hydrogen-bond acceptors (Lipinski definition) is 4. The maximum Gasteiger partial charge on any atom is 0.234 e. The Morgan fingerprint density at radius 3 is 2.56 bits per heavy atom. The molecule has 1 aromatic rings. The lowest BCUT2D eigenvalue weighted by Gasteiger charge is -2.20. The summed E-state index contributed by atoms with van der Waals surface area (Å²) in [7, 11) is 0. The van der Waals surface area contributed by atoms with Crippen LogP contribution in [0.1, 0.15) is 50.8 Å². The Balaban J connectivity index is 0.00000312. The second kappa shape index (κ2) is 10.1. The molecular formula is C19H31ClN2O3. The molecule has 6 heteroatoms. The fourth-order valence-electron chi connectivity index (χ4n) is 2.75. The predicted molar refractivity (Wildman–Crippen MR) is 102 cm³/mol. The number of halogens is 1. The van der Waals surface area contributed by atoms with Crippen LogP contribution in [0.3, 0.4) is 0 Å². The molecule has 1 fully saturated rings. The largest absolute Gasteiger partial charge is 0.387 e. The van der Waals surface area contributed by atoms with Gasteiger partial charge in [-0.2, -0.15) is 0 Å². The molecule has 1 amide bonds. The average molecular weight is 371 g/mol. The molecular weight excluding hydrogens is 340 g/mol. The van der Waals surface area contributed by atoms with Crippen LogP contribution in [0, 0.1) is 0 Å². The minimum absolute atomic E-state index is 0. The van der Waals surface area contributed by atoms with Crippen molar-refractivity contribution in [1.82, 2.24) is 10.6 Å². The van der Waals surface area contributed by atoms with Crippen LogP contribution in [-0.2, 0) is 14.9 Å². The van der Waals surface area contributed by atoms with Gasteiger partial charge >= 0.3 is 0 Å². The first-order valence-electron chi connectivity index (χ1n) is 8.74. The molecule has 2 atom stereocenters. The highest BCUT2D eigenvalue weighted by Crippen LogP contribution is 2.23. The van der Waals surface area contributed by atoms with Gasteiger partial charge < -0.3 is 20.5 Å². The second-order valence-corrected chi connectivity index (χ2v) is 7.46. The van der Waals surface area contributed by atoms with E-state index < -0.39 is 6.10 Å². The van der Waals surface area contributed by atoms with Crippen LogP contribution in [-0.4, -0.2) is 43.4 Å². The van der Waals surface area contributed by atoms with Crippen molar-refractivity contribution in [2.75, 3.05) is 26.2 Å². The zero-order valence-corrected chi connectivity index (χ0v) is 16.2. The van der Waals surface area contributed by atoms with Gasteiger partial charge in [0.15, 0.2) is 0 Å². The summed E-state index contributed by atoms with van der Waals surface area (Å²) in [4.78, 5) is 11.8. The first-order chi connectivity index (χ1) is 11.4. The van der Waals surface area contributed by atoms with Gasteiger partial charge in [0.2, 0.25) is 5.91 Å². The van der Waals surface area contributed by atoms with Crippen molar-refractivity contribution in [2.24, 2.45) is 0 Å². The van der Waals surface area contributed by atoms with E-state index >= 15 is 0 Å². The highest BCUT2D eigenvalue weighted by atomic mass is 35.5. The Bertz CT molecular complexity index is 522. The van der Waals surface area contributed by atoms with E-state index in [4.69, 9.17) is 4.74 Å². The minimum Gasteiger partial charge on any atom is -0.387 e. The van der Waals surface area contributed by atoms with E-state index in [1.54, 1.807) is 0 Å². The Hall–Kier alpha value is -1.14. The van der Waals surface area contributed by atoms with Gasteiger partial charge in [-0.15, -0.1) is 12.4 Å². The third kappa shape index (κ3) is 7.32. The summed E-state index contributed by atoms with van der Waals surface area (Å²) >= 11 is 0. The van der Waals surface area contributed by atoms with Gasteiger partial charge in [0.1, 0.15) is 0 Å². The van der Waals surface area contributed by atoms with Crippen LogP contribution >= 0.6 is 12.4 Å². The smallest absolute Gasteiger partial charge is 0.234 e. The topological polar surface area (TPSA) is 70.6 Å². The Labute approximate surface area is 156 Å². The molecule has 1 aliphatic heterocycles. The second-order valence-electron chi connectivity index (χ2n) is 7.46. The molecule has 5 nitrogen and oxygen atoms in total. The van der Waals surface area contributed by atoms with Gasteiger partial charge in [-0.3, -0.25) is 4.79 Å². The van der Waals surface area contributed by atoms with Crippen molar-refractivity contribution in [3.05, 3.63) is 35.4 Å². The SMILES string of the molecule is CC(C)(C)c1ccc(C(O)CNC(=O)CNCC2CCCO2)cc1.Cl. The average Bonchev–Trinajstić information content (AvgIpc) is 3.05. The van der Waals surface area contributed by atoms with Gasteiger partial charge in [-0.1, -0.05) is 45.0 Å². The third-order valence-electron chi connectivity index (χ3n) is 4.34. The van der Waals surface area contributed by atoms with Gasteiger partial charge in [0, 0.05) is 19.7 Å². The van der Waals surface area contributed by atoms with Crippen LogP contribution in [0.5, 0.6) is 0 Å². The van der Waals surface area contributed by atoms with Crippen LogP contribution in [0.2, 0.25) is 0 Å². The van der Waals surface area contributed by atoms with Crippen molar-refractivity contribution in [3.63, 3.8) is 0 Å². The molecule has 142 valence electrons. The number of amides is 1. The Kier molecular flexibility index (Phi) is 8.86. The molecule has 0 spiro atoms. The summed E-state index contributed by atoms with van der Waals surface area (Å²) in [5.41, 5.74) is 2.13. The summed E-state index contributed by atoms with van der Waals surface area (Å²) in [6.45, 7) is 8.45. The van der Waals surface area contributed by atoms with E-state index in [1.165, 1.54) is 5.56 Å². The molecule has 2 rings (SSSR count). The fraction of sp³-hybridized carbons (Fsp3) is 0.632. The molecule has 0 saturated carbocycles. The molecule has 1 saturated heterocycles. The molecule has 2 unspecified atom stereocenters. The number of aliphatic hydroxyl groups excluding tert-OH is 1. The van der Waals surface area contributed by atoms with E-state index in [0.717, 1.165) is 25.0 Å². The lowest BCUT2D eigenvalue weighted by Crippen LogP contribution is -2.38. The normalized spacial score (nSPS) is 18.5. The molecule has 0 bridgehead atoms. The highest BCUT2D eigenvalue weighted by Gasteiger charge is 2.16. The molecule has 1 heterocycles. The number of ether oxygens (including phenoxy) is 1. The van der Waals surface area contributed by atoms with Crippen LogP contribution in [0.15, 0.2) is 24.3 Å². The third-order valence-corrected chi connectivity index (χ3v) is 4.34. The molecule has 25 heavy (non-hydrogen) atoms. The zero-order valence-electron chi connectivity index (χ0n) is 15.4. The summed E-state index contributed by atoms with van der Waals surface area (Å²) in [6.07, 6.45) is 1.68. The Morgan fingerprint density at radius 2 is 2.00 bits per heavy atom. The van der Waals surface area contributed by atoms with E-state index in [0.29, 0.717) is 6.54 Å². The summed E-state index contributed by atoms with van der Waals surface area (Å²) in [6, 6.07) is 7.91. The van der Waals surface area contributed by atoms with E-state index in [9.17, 15) is 9.90 Å². The summed E-state index contributed by atoms with van der Waals surface area (Å²) < 4.78 is 5.49. The maximum atomic E-state index is 11.8. The number of hydrogen-bond donors (Lipinski definition) is 3. The number of nitrogens with one attached hydrogen (secondary N) is 2. The van der Waals surface area contributed by atoms with Crippen LogP contribution in [0.25, 0.3) is 0 Å². The van der Waals surface area contributed by atoms with Crippen molar-refractivity contribution in [1.29, 1.82) is 0 Å². The fourth-order valence-corrected chi connectivity index (χ4v) is 2.75. The summed E-state index contributed by atoms with van der Waals surface area (Å²) in [5, 5.41) is 16.1. The number of carbonyl (C=O) groups is 1. The first-order valence-corrected chi connectivity index (χ1v) is 8.74. The van der Waals surface area contributed by atoms with Gasteiger partial charge in [0.25, 0.3) is 0 Å². The van der Waals surface area contributed by atoms with Crippen LogP contribution < -0.4 is 10.6 Å². The molecule has 0 radical (unpaired) electrons. The van der Waals surface area contributed by atoms with Crippen LogP contribution in [0.4, 0.5) is 0 Å². The van der Waals surface area contributed by atoms with Gasteiger partial charge in [-0.25, -0.2) is 0 Å². The zero-order chi connectivity index (χ0) is 17.6. The first kappa shape index (κ1) is 21.9. The molecule has 1 aliphatic rings. The van der Waals surface area contributed by atoms with Crippen molar-refractivity contribution in [2.45, 2.75) is 51.2 Å². The predicted octanol–water partition coefficient (Wildman–Crippen LogP) is 2.32. The van der Waals surface area contributed by atoms with Crippen molar-refractivity contribution in [3.8, 4) is 0 Å². The number of carbonyl (C=O) groups excluding carboxylic acids is 1. The van der Waals surface area contributed by atoms with E-state index in [-0.39, 0.29) is 42.9 Å². The summed E-state index contributed by atoms with van der Waals surface area (Å²) in [5.74, 6) is -0.113. The molecule has 0 aromatic heterocycles. The molecule has 0 aliphatic carbocycles. The maximum absolute atomic E-state index is 11.8. The van der Waals surface area contributed by atoms with Gasteiger partial charge in [0.05, 0.1) is 18.8 Å². The Morgan fingerprint density at radius 1 is 1.32 bits per heavy atom. The molecule has 1 aromatic carbocycles. The monoisotopic (exact) mass is 370 g/mol. The minimum atomic E-state index is -0.693. The number of benzene rings is 1. The standard InChI is InChI=1S/C19H30N2O3.ClH/c1-19(2,3)15-8-6-14(7-9-15)17(22)12-21-18(23)13-20-11-16-5-4-10-24-16;/h6-9,16-17,20,22H,4-5,10-13H2,1-3H3,(H,21,23);1H. The number of aliphatic hydroxyl groups is 1. The lowest BCUT2D eigenvalue weighted by molar-refractivity contribution is -0.120. The highest BCUT2D eigenvalue weighted by molar-refractivity contribution is 5.85. The molecule has 3 N–H and O–H groups in total. The lowest BCUT2D eigenvalue weighted by atomic mass is 9.86. The number of rotatable bonds is 7. The van der Waals surface area contributed by atoms with E-state index in [1.807, 2.05) is 24.3 Å². The van der Waals surface area contributed by atoms with Crippen molar-refractivity contribution >= 4 is 18.3 Å². The quantitative estimate of drug-likeness (QED) is 0.689. The van der Waals surface area contributed by atoms with E-state index in [2.05, 4.69) is 31.4 Å². The van der Waals surface area contributed by atoms with Gasteiger partial charge in [-0.05, 0) is 29.4 Å².